The summed E-state index contributed by atoms with van der Waals surface area (Å²) in [7, 11) is 0. The third kappa shape index (κ3) is 4.98. The summed E-state index contributed by atoms with van der Waals surface area (Å²) in [5.74, 6) is -4.40. The molecule has 1 N–H and O–H groups in total. The van der Waals surface area contributed by atoms with Crippen LogP contribution in [0, 0.1) is 18.3 Å². The third-order valence-electron chi connectivity index (χ3n) is 4.57. The highest BCUT2D eigenvalue weighted by atomic mass is 79.9. The van der Waals surface area contributed by atoms with Gasteiger partial charge in [0.1, 0.15) is 10.6 Å². The Balaban J connectivity index is 1.61. The van der Waals surface area contributed by atoms with Crippen molar-refractivity contribution in [2.45, 2.75) is 31.9 Å². The van der Waals surface area contributed by atoms with Gasteiger partial charge >= 0.3 is 0 Å². The summed E-state index contributed by atoms with van der Waals surface area (Å²) in [5, 5.41) is 15.6. The maximum absolute atomic E-state index is 13.5. The molecular formula is C19H18BrF2N5O2. The maximum Gasteiger partial charge on any atom is 0.268 e. The summed E-state index contributed by atoms with van der Waals surface area (Å²) in [5.41, 5.74) is 2.35. The minimum Gasteiger partial charge on any atom is -0.343 e. The Morgan fingerprint density at radius 1 is 1.38 bits per heavy atom. The molecule has 1 aromatic heterocycles. The third-order valence-corrected chi connectivity index (χ3v) is 5.15. The van der Waals surface area contributed by atoms with E-state index in [0.717, 1.165) is 16.0 Å². The summed E-state index contributed by atoms with van der Waals surface area (Å²) >= 11 is 3.22. The van der Waals surface area contributed by atoms with E-state index in [4.69, 9.17) is 5.26 Å². The van der Waals surface area contributed by atoms with Crippen molar-refractivity contribution in [2.75, 3.05) is 13.1 Å². The zero-order chi connectivity index (χ0) is 21.2. The molecular weight excluding hydrogens is 448 g/mol. The molecule has 3 rings (SSSR count). The van der Waals surface area contributed by atoms with E-state index in [2.05, 4.69) is 26.3 Å². The summed E-state index contributed by atoms with van der Waals surface area (Å²) < 4.78 is 28.8. The lowest BCUT2D eigenvalue weighted by molar-refractivity contribution is -0.131. The van der Waals surface area contributed by atoms with Gasteiger partial charge in [0, 0.05) is 12.6 Å². The molecule has 0 bridgehead atoms. The Kier molecular flexibility index (Phi) is 5.98. The summed E-state index contributed by atoms with van der Waals surface area (Å²) in [6, 6.07) is 8.37. The van der Waals surface area contributed by atoms with Crippen molar-refractivity contribution in [1.29, 1.82) is 5.26 Å². The Bertz CT molecular complexity index is 968. The van der Waals surface area contributed by atoms with E-state index in [9.17, 15) is 18.4 Å². The number of hydrogen-bond acceptors (Lipinski definition) is 4. The van der Waals surface area contributed by atoms with Crippen LogP contribution < -0.4 is 5.32 Å². The van der Waals surface area contributed by atoms with Crippen LogP contribution in [0.4, 0.5) is 8.78 Å². The van der Waals surface area contributed by atoms with Crippen molar-refractivity contribution in [2.24, 2.45) is 0 Å². The predicted molar refractivity (Wildman–Crippen MR) is 103 cm³/mol. The molecule has 0 aliphatic carbocycles. The Labute approximate surface area is 174 Å². The van der Waals surface area contributed by atoms with E-state index in [1.807, 2.05) is 31.2 Å². The quantitative estimate of drug-likeness (QED) is 0.734. The number of aryl methyl sites for hydroxylation is 1. The number of nitriles is 1. The molecule has 29 heavy (non-hydrogen) atoms. The van der Waals surface area contributed by atoms with Crippen molar-refractivity contribution in [3.05, 3.63) is 51.8 Å². The van der Waals surface area contributed by atoms with Gasteiger partial charge in [0.25, 0.3) is 11.8 Å². The molecule has 1 aromatic carbocycles. The lowest BCUT2D eigenvalue weighted by Crippen LogP contribution is -2.42. The number of nitrogens with one attached hydrogen (secondary N) is 1. The van der Waals surface area contributed by atoms with E-state index in [-0.39, 0.29) is 5.56 Å². The topological polar surface area (TPSA) is 91.0 Å². The normalized spacial score (nSPS) is 17.8. The zero-order valence-electron chi connectivity index (χ0n) is 15.5. The summed E-state index contributed by atoms with van der Waals surface area (Å²) in [4.78, 5) is 25.4. The molecule has 10 heteroatoms. The largest absolute Gasteiger partial charge is 0.343 e. The van der Waals surface area contributed by atoms with Gasteiger partial charge in [-0.2, -0.15) is 10.4 Å². The number of halogens is 3. The Hall–Kier alpha value is -2.80. The molecule has 2 heterocycles. The number of carbonyl (C=O) groups excluding carboxylic acids is 2. The number of hydrogen-bond donors (Lipinski definition) is 1. The fourth-order valence-electron chi connectivity index (χ4n) is 3.06. The fraction of sp³-hybridized carbons (Fsp3) is 0.368. The van der Waals surface area contributed by atoms with E-state index in [1.165, 1.54) is 6.20 Å². The van der Waals surface area contributed by atoms with Gasteiger partial charge in [0.15, 0.2) is 0 Å². The van der Waals surface area contributed by atoms with E-state index in [1.54, 1.807) is 10.8 Å². The van der Waals surface area contributed by atoms with Gasteiger partial charge in [-0.15, -0.1) is 0 Å². The van der Waals surface area contributed by atoms with Gasteiger partial charge in [-0.3, -0.25) is 14.3 Å². The number of benzene rings is 1. The monoisotopic (exact) mass is 465 g/mol. The average molecular weight is 466 g/mol. The summed E-state index contributed by atoms with van der Waals surface area (Å²) in [6.45, 7) is 1.14. The number of nitrogens with zero attached hydrogens (tertiary/aromatic N) is 4. The van der Waals surface area contributed by atoms with Crippen molar-refractivity contribution >= 4 is 27.7 Å². The Morgan fingerprint density at radius 3 is 2.72 bits per heavy atom. The summed E-state index contributed by atoms with van der Waals surface area (Å²) in [6.07, 6.45) is 0.840. The molecule has 2 amide bonds. The van der Waals surface area contributed by atoms with Crippen LogP contribution in [0.15, 0.2) is 35.1 Å². The Morgan fingerprint density at radius 2 is 2.07 bits per heavy atom. The molecule has 2 aromatic rings. The van der Waals surface area contributed by atoms with Crippen LogP contribution in [0.1, 0.15) is 27.9 Å². The van der Waals surface area contributed by atoms with E-state index >= 15 is 0 Å². The first-order chi connectivity index (χ1) is 13.7. The fourth-order valence-corrected chi connectivity index (χ4v) is 3.54. The highest BCUT2D eigenvalue weighted by Crippen LogP contribution is 2.31. The molecule has 1 fully saturated rings. The van der Waals surface area contributed by atoms with Crippen molar-refractivity contribution in [3.8, 4) is 6.07 Å². The van der Waals surface area contributed by atoms with E-state index in [0.29, 0.717) is 11.1 Å². The minimum atomic E-state index is -3.10. The van der Waals surface area contributed by atoms with Crippen LogP contribution in [-0.2, 0) is 11.3 Å². The lowest BCUT2D eigenvalue weighted by Gasteiger charge is -2.19. The van der Waals surface area contributed by atoms with Crippen molar-refractivity contribution in [1.82, 2.24) is 20.0 Å². The molecule has 1 saturated heterocycles. The number of carbonyl (C=O) groups is 2. The van der Waals surface area contributed by atoms with Crippen LogP contribution in [0.5, 0.6) is 0 Å². The van der Waals surface area contributed by atoms with Crippen LogP contribution in [0.2, 0.25) is 0 Å². The first kappa shape index (κ1) is 20.9. The predicted octanol–water partition coefficient (Wildman–Crippen LogP) is 2.49. The second-order valence-electron chi connectivity index (χ2n) is 6.93. The van der Waals surface area contributed by atoms with Crippen molar-refractivity contribution < 1.29 is 18.4 Å². The molecule has 1 aliphatic heterocycles. The van der Waals surface area contributed by atoms with Gasteiger partial charge in [-0.05, 0) is 28.4 Å². The standard InChI is InChI=1S/C19H18BrF2N5O2/c1-12-2-4-13(5-3-12)9-26-10-15(17(20)25-26)18(29)24-8-16(28)27-11-19(21,22)6-14(27)7-23/h2-5,10,14H,6,8-9,11H2,1H3,(H,24,29)/t14-/m0/s1. The molecule has 0 radical (unpaired) electrons. The van der Waals surface area contributed by atoms with Gasteiger partial charge in [0.2, 0.25) is 5.91 Å². The number of alkyl halides is 2. The average Bonchev–Trinajstić information content (AvgIpc) is 3.20. The first-order valence-corrected chi connectivity index (χ1v) is 9.61. The lowest BCUT2D eigenvalue weighted by atomic mass is 10.1. The van der Waals surface area contributed by atoms with Gasteiger partial charge in [-0.1, -0.05) is 29.8 Å². The number of likely N-dealkylation sites (tertiary alicyclic amines) is 1. The second kappa shape index (κ2) is 8.29. The maximum atomic E-state index is 13.5. The second-order valence-corrected chi connectivity index (χ2v) is 7.68. The number of amides is 2. The number of rotatable bonds is 5. The van der Waals surface area contributed by atoms with Crippen LogP contribution >= 0.6 is 15.9 Å². The zero-order valence-corrected chi connectivity index (χ0v) is 17.1. The molecule has 0 saturated carbocycles. The highest BCUT2D eigenvalue weighted by molar-refractivity contribution is 9.10. The van der Waals surface area contributed by atoms with Crippen LogP contribution in [-0.4, -0.2) is 51.5 Å². The molecule has 0 spiro atoms. The smallest absolute Gasteiger partial charge is 0.268 e. The molecule has 1 aliphatic rings. The van der Waals surface area contributed by atoms with Gasteiger partial charge in [-0.25, -0.2) is 8.78 Å². The molecule has 7 nitrogen and oxygen atoms in total. The molecule has 0 unspecified atom stereocenters. The van der Waals surface area contributed by atoms with Gasteiger partial charge in [0.05, 0.1) is 31.3 Å². The van der Waals surface area contributed by atoms with Crippen LogP contribution in [0.3, 0.4) is 0 Å². The SMILES string of the molecule is Cc1ccc(Cn2cc(C(=O)NCC(=O)N3CC(F)(F)C[C@H]3C#N)c(Br)n2)cc1. The van der Waals surface area contributed by atoms with Crippen LogP contribution in [0.25, 0.3) is 0 Å². The van der Waals surface area contributed by atoms with Crippen molar-refractivity contribution in [3.63, 3.8) is 0 Å². The van der Waals surface area contributed by atoms with E-state index < -0.39 is 43.3 Å². The molecule has 152 valence electrons. The minimum absolute atomic E-state index is 0.216. The first-order valence-electron chi connectivity index (χ1n) is 8.82. The number of aromatic nitrogens is 2. The molecule has 1 atom stereocenters. The van der Waals surface area contributed by atoms with Gasteiger partial charge < -0.3 is 10.2 Å². The highest BCUT2D eigenvalue weighted by Gasteiger charge is 2.47.